The highest BCUT2D eigenvalue weighted by Crippen LogP contribution is 2.21. The van der Waals surface area contributed by atoms with Crippen molar-refractivity contribution >= 4 is 11.6 Å². The molecule has 1 atom stereocenters. The zero-order chi connectivity index (χ0) is 15.4. The standard InChI is InChI=1S/C16H21N3O2/c1-5-17-13-6-7-15(18-9-13)16(20)19-11(3)14-8-10(2)21-12(14)4/h6-9,11,17H,5H2,1-4H3,(H,19,20). The number of rotatable bonds is 5. The fourth-order valence-electron chi connectivity index (χ4n) is 2.27. The number of nitrogens with one attached hydrogen (secondary N) is 2. The van der Waals surface area contributed by atoms with Gasteiger partial charge in [-0.15, -0.1) is 0 Å². The predicted octanol–water partition coefficient (Wildman–Crippen LogP) is 3.21. The number of furan rings is 1. The van der Waals surface area contributed by atoms with Gasteiger partial charge >= 0.3 is 0 Å². The minimum Gasteiger partial charge on any atom is -0.466 e. The quantitative estimate of drug-likeness (QED) is 0.886. The van der Waals surface area contributed by atoms with Crippen molar-refractivity contribution in [2.24, 2.45) is 0 Å². The molecular formula is C16H21N3O2. The molecule has 1 unspecified atom stereocenters. The van der Waals surface area contributed by atoms with Gasteiger partial charge < -0.3 is 15.1 Å². The molecule has 0 fully saturated rings. The van der Waals surface area contributed by atoms with Gasteiger partial charge in [-0.2, -0.15) is 0 Å². The van der Waals surface area contributed by atoms with E-state index in [4.69, 9.17) is 4.42 Å². The first kappa shape index (κ1) is 15.1. The first-order valence-corrected chi connectivity index (χ1v) is 7.09. The zero-order valence-corrected chi connectivity index (χ0v) is 12.9. The normalized spacial score (nSPS) is 12.0. The molecule has 2 rings (SSSR count). The third kappa shape index (κ3) is 3.62. The highest BCUT2D eigenvalue weighted by molar-refractivity contribution is 5.92. The third-order valence-corrected chi connectivity index (χ3v) is 3.27. The summed E-state index contributed by atoms with van der Waals surface area (Å²) >= 11 is 0. The van der Waals surface area contributed by atoms with Gasteiger partial charge in [-0.3, -0.25) is 4.79 Å². The molecule has 5 nitrogen and oxygen atoms in total. The monoisotopic (exact) mass is 287 g/mol. The van der Waals surface area contributed by atoms with Crippen LogP contribution in [-0.4, -0.2) is 17.4 Å². The number of amides is 1. The third-order valence-electron chi connectivity index (χ3n) is 3.27. The molecule has 0 aromatic carbocycles. The lowest BCUT2D eigenvalue weighted by Crippen LogP contribution is -2.27. The smallest absolute Gasteiger partial charge is 0.270 e. The molecule has 2 aromatic heterocycles. The van der Waals surface area contributed by atoms with Crippen molar-refractivity contribution in [1.82, 2.24) is 10.3 Å². The predicted molar refractivity (Wildman–Crippen MR) is 82.5 cm³/mol. The van der Waals surface area contributed by atoms with Gasteiger partial charge in [0.25, 0.3) is 5.91 Å². The van der Waals surface area contributed by atoms with Gasteiger partial charge in [-0.25, -0.2) is 4.98 Å². The number of hydrogen-bond donors (Lipinski definition) is 2. The van der Waals surface area contributed by atoms with Gasteiger partial charge in [0.2, 0.25) is 0 Å². The van der Waals surface area contributed by atoms with Crippen LogP contribution in [0.3, 0.4) is 0 Å². The van der Waals surface area contributed by atoms with E-state index in [0.29, 0.717) is 5.69 Å². The average Bonchev–Trinajstić information content (AvgIpc) is 2.79. The molecule has 2 aromatic rings. The van der Waals surface area contributed by atoms with Gasteiger partial charge in [0, 0.05) is 12.1 Å². The van der Waals surface area contributed by atoms with Crippen molar-refractivity contribution in [3.8, 4) is 0 Å². The number of pyridine rings is 1. The first-order chi connectivity index (χ1) is 10.0. The topological polar surface area (TPSA) is 67.2 Å². The summed E-state index contributed by atoms with van der Waals surface area (Å²) in [5.74, 6) is 1.48. The molecule has 2 N–H and O–H groups in total. The van der Waals surface area contributed by atoms with Gasteiger partial charge in [0.05, 0.1) is 17.9 Å². The lowest BCUT2D eigenvalue weighted by molar-refractivity contribution is 0.0934. The second-order valence-corrected chi connectivity index (χ2v) is 5.03. The molecular weight excluding hydrogens is 266 g/mol. The maximum Gasteiger partial charge on any atom is 0.270 e. The van der Waals surface area contributed by atoms with E-state index in [1.54, 1.807) is 12.3 Å². The molecule has 112 valence electrons. The van der Waals surface area contributed by atoms with Gasteiger partial charge in [0.15, 0.2) is 0 Å². The zero-order valence-electron chi connectivity index (χ0n) is 12.9. The lowest BCUT2D eigenvalue weighted by Gasteiger charge is -2.13. The molecule has 0 bridgehead atoms. The van der Waals surface area contributed by atoms with Crippen LogP contribution in [0.25, 0.3) is 0 Å². The molecule has 0 aliphatic carbocycles. The second kappa shape index (κ2) is 6.43. The Morgan fingerprint density at radius 2 is 2.14 bits per heavy atom. The van der Waals surface area contributed by atoms with E-state index in [0.717, 1.165) is 29.3 Å². The van der Waals surface area contributed by atoms with Crippen LogP contribution in [0.1, 0.15) is 47.5 Å². The van der Waals surface area contributed by atoms with Gasteiger partial charge in [-0.1, -0.05) is 0 Å². The Morgan fingerprint density at radius 3 is 2.67 bits per heavy atom. The fraction of sp³-hybridized carbons (Fsp3) is 0.375. The molecule has 2 heterocycles. The minimum atomic E-state index is -0.191. The Kier molecular flexibility index (Phi) is 4.62. The highest BCUT2D eigenvalue weighted by Gasteiger charge is 2.16. The first-order valence-electron chi connectivity index (χ1n) is 7.09. The van der Waals surface area contributed by atoms with Crippen LogP contribution >= 0.6 is 0 Å². The molecule has 1 amide bonds. The fourth-order valence-corrected chi connectivity index (χ4v) is 2.27. The SMILES string of the molecule is CCNc1ccc(C(=O)NC(C)c2cc(C)oc2C)nc1. The number of anilines is 1. The van der Waals surface area contributed by atoms with E-state index in [-0.39, 0.29) is 11.9 Å². The molecule has 0 saturated heterocycles. The van der Waals surface area contributed by atoms with Gasteiger partial charge in [0.1, 0.15) is 17.2 Å². The number of carbonyl (C=O) groups is 1. The van der Waals surface area contributed by atoms with E-state index in [1.807, 2.05) is 39.8 Å². The summed E-state index contributed by atoms with van der Waals surface area (Å²) in [7, 11) is 0. The van der Waals surface area contributed by atoms with Crippen molar-refractivity contribution in [3.05, 3.63) is 47.2 Å². The highest BCUT2D eigenvalue weighted by atomic mass is 16.3. The van der Waals surface area contributed by atoms with Crippen LogP contribution in [0, 0.1) is 13.8 Å². The van der Waals surface area contributed by atoms with Crippen LogP contribution in [0.15, 0.2) is 28.8 Å². The van der Waals surface area contributed by atoms with Crippen LogP contribution < -0.4 is 10.6 Å². The van der Waals surface area contributed by atoms with Crippen LogP contribution in [0.4, 0.5) is 5.69 Å². The minimum absolute atomic E-state index is 0.120. The number of nitrogens with zero attached hydrogens (tertiary/aromatic N) is 1. The van der Waals surface area contributed by atoms with Crippen molar-refractivity contribution in [3.63, 3.8) is 0 Å². The van der Waals surface area contributed by atoms with Gasteiger partial charge in [-0.05, 0) is 45.9 Å². The summed E-state index contributed by atoms with van der Waals surface area (Å²) in [6.07, 6.45) is 1.66. The summed E-state index contributed by atoms with van der Waals surface area (Å²) in [6, 6.07) is 5.39. The van der Waals surface area contributed by atoms with E-state index in [9.17, 15) is 4.79 Å². The number of hydrogen-bond acceptors (Lipinski definition) is 4. The molecule has 0 spiro atoms. The van der Waals surface area contributed by atoms with Crippen LogP contribution in [0.2, 0.25) is 0 Å². The van der Waals surface area contributed by atoms with Crippen LogP contribution in [0.5, 0.6) is 0 Å². The van der Waals surface area contributed by atoms with E-state index < -0.39 is 0 Å². The number of aryl methyl sites for hydroxylation is 2. The van der Waals surface area contributed by atoms with Crippen molar-refractivity contribution < 1.29 is 9.21 Å². The summed E-state index contributed by atoms with van der Waals surface area (Å²) in [5.41, 5.74) is 2.30. The Morgan fingerprint density at radius 1 is 1.38 bits per heavy atom. The van der Waals surface area contributed by atoms with Crippen molar-refractivity contribution in [1.29, 1.82) is 0 Å². The summed E-state index contributed by atoms with van der Waals surface area (Å²) in [5, 5.41) is 6.08. The second-order valence-electron chi connectivity index (χ2n) is 5.03. The van der Waals surface area contributed by atoms with E-state index in [2.05, 4.69) is 15.6 Å². The maximum absolute atomic E-state index is 12.2. The Labute approximate surface area is 124 Å². The van der Waals surface area contributed by atoms with E-state index in [1.165, 1.54) is 0 Å². The van der Waals surface area contributed by atoms with Crippen molar-refractivity contribution in [2.45, 2.75) is 33.7 Å². The molecule has 0 aliphatic heterocycles. The van der Waals surface area contributed by atoms with Crippen LogP contribution in [-0.2, 0) is 0 Å². The Bertz CT molecular complexity index is 617. The average molecular weight is 287 g/mol. The number of aromatic nitrogens is 1. The Hall–Kier alpha value is -2.30. The Balaban J connectivity index is 2.05. The molecule has 5 heteroatoms. The summed E-state index contributed by atoms with van der Waals surface area (Å²) < 4.78 is 5.49. The van der Waals surface area contributed by atoms with Crippen molar-refractivity contribution in [2.75, 3.05) is 11.9 Å². The lowest BCUT2D eigenvalue weighted by atomic mass is 10.1. The molecule has 21 heavy (non-hydrogen) atoms. The number of carbonyl (C=O) groups excluding carboxylic acids is 1. The molecule has 0 aliphatic rings. The largest absolute Gasteiger partial charge is 0.466 e. The van der Waals surface area contributed by atoms with E-state index >= 15 is 0 Å². The maximum atomic E-state index is 12.2. The summed E-state index contributed by atoms with van der Waals surface area (Å²) in [6.45, 7) is 8.56. The molecule has 0 saturated carbocycles. The molecule has 0 radical (unpaired) electrons. The summed E-state index contributed by atoms with van der Waals surface area (Å²) in [4.78, 5) is 16.4.